The molecule has 194 valence electrons. The molecule has 2 unspecified atom stereocenters. The van der Waals surface area contributed by atoms with Crippen LogP contribution in [0.3, 0.4) is 0 Å². The zero-order chi connectivity index (χ0) is 26.6. The molecule has 0 aliphatic rings. The molecule has 0 aromatic heterocycles. The van der Waals surface area contributed by atoms with Gasteiger partial charge in [0.1, 0.15) is 6.61 Å². The van der Waals surface area contributed by atoms with Gasteiger partial charge in [0, 0.05) is 6.92 Å². The van der Waals surface area contributed by atoms with Gasteiger partial charge in [0.2, 0.25) is 0 Å². The Kier molecular flexibility index (Phi) is 13.0. The minimum atomic E-state index is -3.60. The lowest BCUT2D eigenvalue weighted by Gasteiger charge is -2.17. The molecule has 0 saturated heterocycles. The van der Waals surface area contributed by atoms with Gasteiger partial charge in [0.05, 0.1) is 16.2 Å². The molecule has 0 bridgehead atoms. The van der Waals surface area contributed by atoms with Crippen molar-refractivity contribution in [3.63, 3.8) is 0 Å². The van der Waals surface area contributed by atoms with E-state index in [1.807, 2.05) is 45.9 Å². The third-order valence-corrected chi connectivity index (χ3v) is 7.59. The van der Waals surface area contributed by atoms with E-state index in [9.17, 15) is 18.3 Å². The van der Waals surface area contributed by atoms with Crippen LogP contribution in [0.25, 0.3) is 0 Å². The molecule has 1 N–H and O–H groups in total. The first-order chi connectivity index (χ1) is 16.3. The summed E-state index contributed by atoms with van der Waals surface area (Å²) >= 11 is 0. The fourth-order valence-electron chi connectivity index (χ4n) is 3.64. The predicted molar refractivity (Wildman–Crippen MR) is 144 cm³/mol. The van der Waals surface area contributed by atoms with Gasteiger partial charge in [-0.15, -0.1) is 0 Å². The molecule has 1 rings (SSSR count). The molecule has 0 heterocycles. The van der Waals surface area contributed by atoms with Crippen molar-refractivity contribution in [2.45, 2.75) is 90.4 Å². The summed E-state index contributed by atoms with van der Waals surface area (Å²) in [5.41, 5.74) is 4.97. The molecule has 0 spiro atoms. The minimum Gasteiger partial charge on any atom is -0.462 e. The Morgan fingerprint density at radius 2 is 1.54 bits per heavy atom. The second kappa shape index (κ2) is 14.8. The molecule has 0 amide bonds. The largest absolute Gasteiger partial charge is 0.462 e. The topological polar surface area (TPSA) is 80.7 Å². The molecule has 0 radical (unpaired) electrons. The van der Waals surface area contributed by atoms with Gasteiger partial charge in [0.25, 0.3) is 0 Å². The van der Waals surface area contributed by atoms with Crippen LogP contribution in [0, 0.1) is 6.92 Å². The SMILES string of the molecule is CC(=O)OC/C=C(/C)CC(O)/C=C(\C)CC(/C=C(\C)CCC=C(C)C)S(=O)(=O)c1ccc(C)cc1. The van der Waals surface area contributed by atoms with Gasteiger partial charge in [-0.1, -0.05) is 58.2 Å². The Hall–Kier alpha value is -2.44. The zero-order valence-electron chi connectivity index (χ0n) is 22.3. The first-order valence-electron chi connectivity index (χ1n) is 12.1. The van der Waals surface area contributed by atoms with E-state index >= 15 is 0 Å². The van der Waals surface area contributed by atoms with E-state index in [1.54, 1.807) is 24.3 Å². The number of benzene rings is 1. The van der Waals surface area contributed by atoms with Crippen LogP contribution in [0.15, 0.2) is 75.8 Å². The van der Waals surface area contributed by atoms with E-state index in [1.165, 1.54) is 12.5 Å². The van der Waals surface area contributed by atoms with Crippen LogP contribution < -0.4 is 0 Å². The summed E-state index contributed by atoms with van der Waals surface area (Å²) in [5, 5.41) is 9.79. The monoisotopic (exact) mass is 502 g/mol. The summed E-state index contributed by atoms with van der Waals surface area (Å²) < 4.78 is 32.0. The highest BCUT2D eigenvalue weighted by molar-refractivity contribution is 7.92. The van der Waals surface area contributed by atoms with Gasteiger partial charge >= 0.3 is 5.97 Å². The number of aryl methyl sites for hydroxylation is 1. The van der Waals surface area contributed by atoms with Gasteiger partial charge in [0.15, 0.2) is 9.84 Å². The number of allylic oxidation sites excluding steroid dienone is 4. The standard InChI is InChI=1S/C29H42O5S/c1-21(2)9-8-10-23(4)19-29(35(32,33)28-13-11-22(3)12-14-28)20-25(6)18-27(31)17-24(5)15-16-34-26(7)30/h9,11-15,18-19,27,29,31H,8,10,16-17,20H2,1-7H3/b23-19+,24-15-,25-18+. The number of carbonyl (C=O) groups excluding carboxylic acids is 1. The fraction of sp³-hybridized carbons (Fsp3) is 0.483. The minimum absolute atomic E-state index is 0.171. The van der Waals surface area contributed by atoms with Gasteiger partial charge in [-0.3, -0.25) is 4.79 Å². The summed E-state index contributed by atoms with van der Waals surface area (Å²) in [7, 11) is -3.60. The summed E-state index contributed by atoms with van der Waals surface area (Å²) in [4.78, 5) is 11.2. The van der Waals surface area contributed by atoms with E-state index in [4.69, 9.17) is 4.74 Å². The van der Waals surface area contributed by atoms with Crippen LogP contribution in [0.5, 0.6) is 0 Å². The van der Waals surface area contributed by atoms with Crippen LogP contribution in [0.4, 0.5) is 0 Å². The zero-order valence-corrected chi connectivity index (χ0v) is 23.1. The number of sulfone groups is 1. The third-order valence-electron chi connectivity index (χ3n) is 5.56. The Labute approximate surface area is 212 Å². The van der Waals surface area contributed by atoms with Crippen LogP contribution >= 0.6 is 0 Å². The van der Waals surface area contributed by atoms with Gasteiger partial charge < -0.3 is 9.84 Å². The maximum absolute atomic E-state index is 13.5. The molecular formula is C29H42O5S. The molecule has 6 heteroatoms. The summed E-state index contributed by atoms with van der Waals surface area (Å²) in [6, 6.07) is 6.95. The van der Waals surface area contributed by atoms with E-state index in [0.29, 0.717) is 17.7 Å². The van der Waals surface area contributed by atoms with Gasteiger partial charge in [-0.05, 0) is 85.4 Å². The Morgan fingerprint density at radius 3 is 2.11 bits per heavy atom. The number of hydrogen-bond donors (Lipinski definition) is 1. The number of carbonyl (C=O) groups is 1. The van der Waals surface area contributed by atoms with Crippen LogP contribution in [0.2, 0.25) is 0 Å². The van der Waals surface area contributed by atoms with E-state index in [-0.39, 0.29) is 12.6 Å². The van der Waals surface area contributed by atoms with E-state index < -0.39 is 21.2 Å². The van der Waals surface area contributed by atoms with Crippen molar-refractivity contribution in [2.24, 2.45) is 0 Å². The lowest BCUT2D eigenvalue weighted by Crippen LogP contribution is -2.21. The number of aliphatic hydroxyl groups is 1. The predicted octanol–water partition coefficient (Wildman–Crippen LogP) is 6.43. The van der Waals surface area contributed by atoms with Crippen molar-refractivity contribution in [1.82, 2.24) is 0 Å². The fourth-order valence-corrected chi connectivity index (χ4v) is 5.40. The molecule has 0 aliphatic heterocycles. The first kappa shape index (κ1) is 30.6. The average molecular weight is 503 g/mol. The summed E-state index contributed by atoms with van der Waals surface area (Å²) in [6.07, 6.45) is 9.08. The van der Waals surface area contributed by atoms with Crippen LogP contribution in [-0.4, -0.2) is 37.5 Å². The lowest BCUT2D eigenvalue weighted by molar-refractivity contribution is -0.139. The molecule has 0 saturated carbocycles. The first-order valence-corrected chi connectivity index (χ1v) is 13.6. The molecule has 5 nitrogen and oxygen atoms in total. The highest BCUT2D eigenvalue weighted by Gasteiger charge is 2.26. The highest BCUT2D eigenvalue weighted by atomic mass is 32.2. The van der Waals surface area contributed by atoms with Crippen molar-refractivity contribution in [1.29, 1.82) is 0 Å². The normalized spacial score (nSPS) is 14.9. The Bertz CT molecular complexity index is 1050. The molecule has 2 atom stereocenters. The summed E-state index contributed by atoms with van der Waals surface area (Å²) in [5.74, 6) is -0.352. The molecular weight excluding hydrogens is 460 g/mol. The summed E-state index contributed by atoms with van der Waals surface area (Å²) in [6.45, 7) is 13.2. The van der Waals surface area contributed by atoms with Crippen molar-refractivity contribution in [2.75, 3.05) is 6.61 Å². The van der Waals surface area contributed by atoms with E-state index in [0.717, 1.165) is 35.1 Å². The molecule has 0 fully saturated rings. The molecule has 0 aliphatic carbocycles. The van der Waals surface area contributed by atoms with Crippen molar-refractivity contribution in [3.8, 4) is 0 Å². The number of esters is 1. The number of aliphatic hydroxyl groups excluding tert-OH is 1. The third kappa shape index (κ3) is 12.2. The van der Waals surface area contributed by atoms with Crippen molar-refractivity contribution < 1.29 is 23.1 Å². The van der Waals surface area contributed by atoms with Crippen LogP contribution in [-0.2, 0) is 19.4 Å². The molecule has 1 aromatic rings. The van der Waals surface area contributed by atoms with E-state index in [2.05, 4.69) is 19.9 Å². The Balaban J connectivity index is 3.11. The maximum atomic E-state index is 13.5. The molecule has 1 aromatic carbocycles. The number of hydrogen-bond acceptors (Lipinski definition) is 5. The number of rotatable bonds is 13. The second-order valence-corrected chi connectivity index (χ2v) is 11.7. The molecule has 35 heavy (non-hydrogen) atoms. The smallest absolute Gasteiger partial charge is 0.302 e. The quantitative estimate of drug-likeness (QED) is 0.248. The number of ether oxygens (including phenoxy) is 1. The van der Waals surface area contributed by atoms with Crippen molar-refractivity contribution >= 4 is 15.8 Å². The average Bonchev–Trinajstić information content (AvgIpc) is 2.72. The maximum Gasteiger partial charge on any atom is 0.302 e. The van der Waals surface area contributed by atoms with Gasteiger partial charge in [-0.2, -0.15) is 0 Å². The second-order valence-electron chi connectivity index (χ2n) is 9.57. The highest BCUT2D eigenvalue weighted by Crippen LogP contribution is 2.25. The van der Waals surface area contributed by atoms with Gasteiger partial charge in [-0.25, -0.2) is 8.42 Å². The van der Waals surface area contributed by atoms with Crippen LogP contribution in [0.1, 0.15) is 72.8 Å². The van der Waals surface area contributed by atoms with Crippen molar-refractivity contribution in [3.05, 3.63) is 76.4 Å². The lowest BCUT2D eigenvalue weighted by atomic mass is 10.0. The Morgan fingerprint density at radius 1 is 0.914 bits per heavy atom.